The molecule has 45 heavy (non-hydrogen) atoms. The maximum absolute atomic E-state index is 14.0. The number of nitrogens with zero attached hydrogens (tertiary/aromatic N) is 3. The van der Waals surface area contributed by atoms with Crippen LogP contribution in [-0.2, 0) is 16.1 Å². The number of halogens is 2. The van der Waals surface area contributed by atoms with Crippen molar-refractivity contribution in [1.82, 2.24) is 4.57 Å². The molecule has 0 fully saturated rings. The number of thiazole rings is 1. The number of hydrogen-bond acceptors (Lipinski definition) is 9. The molecule has 1 aromatic heterocycles. The highest BCUT2D eigenvalue weighted by molar-refractivity contribution is 9.10. The smallest absolute Gasteiger partial charge is 0.338 e. The van der Waals surface area contributed by atoms with Crippen LogP contribution in [0.25, 0.3) is 6.08 Å². The molecule has 0 unspecified atom stereocenters. The standard InChI is InChI=1S/C32H27BrClN3O7S/c1-4-42-22-12-10-20(11-13-22)28-27(31(39)43-5-2)18(3)35-32-36(28)30(38)26(45-32)16-19-14-23(33)29(25(15-19)37(40)41)44-17-21-8-6-7-9-24(21)34/h6-16,28H,4-5,17H2,1-3H3/b26-16-/t28-/m0/s1. The minimum absolute atomic E-state index is 0.0186. The predicted molar refractivity (Wildman–Crippen MR) is 175 cm³/mol. The van der Waals surface area contributed by atoms with Gasteiger partial charge in [-0.3, -0.25) is 19.5 Å². The second kappa shape index (κ2) is 13.8. The Morgan fingerprint density at radius 1 is 1.13 bits per heavy atom. The molecule has 3 aromatic carbocycles. The number of ether oxygens (including phenoxy) is 3. The van der Waals surface area contributed by atoms with Crippen LogP contribution in [0.15, 0.2) is 86.2 Å². The van der Waals surface area contributed by atoms with Crippen LogP contribution in [0.1, 0.15) is 43.5 Å². The summed E-state index contributed by atoms with van der Waals surface area (Å²) in [6, 6.07) is 16.4. The molecule has 2 heterocycles. The van der Waals surface area contributed by atoms with Gasteiger partial charge in [0, 0.05) is 16.7 Å². The van der Waals surface area contributed by atoms with Crippen molar-refractivity contribution in [1.29, 1.82) is 0 Å². The van der Waals surface area contributed by atoms with E-state index in [0.717, 1.165) is 11.3 Å². The molecule has 1 aliphatic heterocycles. The van der Waals surface area contributed by atoms with Crippen molar-refractivity contribution in [3.05, 3.63) is 128 Å². The zero-order valence-electron chi connectivity index (χ0n) is 24.4. The van der Waals surface area contributed by atoms with E-state index < -0.39 is 22.5 Å². The number of carbonyl (C=O) groups is 1. The van der Waals surface area contributed by atoms with Gasteiger partial charge in [-0.2, -0.15) is 0 Å². The second-order valence-corrected chi connectivity index (χ2v) is 12.1. The summed E-state index contributed by atoms with van der Waals surface area (Å²) in [5, 5.41) is 12.5. The first-order valence-corrected chi connectivity index (χ1v) is 15.9. The number of allylic oxidation sites excluding steroid dienone is 1. The Bertz CT molecular complexity index is 2000. The number of hydrogen-bond donors (Lipinski definition) is 0. The molecular formula is C32H27BrClN3O7S. The summed E-state index contributed by atoms with van der Waals surface area (Å²) in [5.41, 5.74) is 1.71. The molecule has 4 aromatic rings. The van der Waals surface area contributed by atoms with Crippen molar-refractivity contribution in [2.45, 2.75) is 33.4 Å². The summed E-state index contributed by atoms with van der Waals surface area (Å²) >= 11 is 10.7. The zero-order chi connectivity index (χ0) is 32.2. The first kappa shape index (κ1) is 32.1. The summed E-state index contributed by atoms with van der Waals surface area (Å²) in [5.74, 6) is 0.112. The summed E-state index contributed by atoms with van der Waals surface area (Å²) in [4.78, 5) is 43.6. The molecule has 10 nitrogen and oxygen atoms in total. The van der Waals surface area contributed by atoms with Crippen LogP contribution in [0.4, 0.5) is 5.69 Å². The number of esters is 1. The van der Waals surface area contributed by atoms with Crippen molar-refractivity contribution < 1.29 is 23.9 Å². The average Bonchev–Trinajstić information content (AvgIpc) is 3.30. The SMILES string of the molecule is CCOC(=O)C1=C(C)N=c2s/c(=C\c3cc(Br)c(OCc4ccccc4Cl)c([N+](=O)[O-])c3)c(=O)n2[C@H]1c1ccc(OCC)cc1. The van der Waals surface area contributed by atoms with E-state index in [0.29, 0.717) is 49.0 Å². The summed E-state index contributed by atoms with van der Waals surface area (Å²) < 4.78 is 18.8. The first-order valence-electron chi connectivity index (χ1n) is 13.9. The van der Waals surface area contributed by atoms with Gasteiger partial charge >= 0.3 is 11.7 Å². The number of fused-ring (bicyclic) bond motifs is 1. The van der Waals surface area contributed by atoms with Crippen molar-refractivity contribution in [2.24, 2.45) is 4.99 Å². The number of rotatable bonds is 10. The quantitative estimate of drug-likeness (QED) is 0.111. The summed E-state index contributed by atoms with van der Waals surface area (Å²) in [7, 11) is 0. The topological polar surface area (TPSA) is 122 Å². The molecule has 0 amide bonds. The molecule has 0 spiro atoms. The Labute approximate surface area is 275 Å². The van der Waals surface area contributed by atoms with E-state index in [2.05, 4.69) is 20.9 Å². The highest BCUT2D eigenvalue weighted by atomic mass is 79.9. The molecule has 5 rings (SSSR count). The van der Waals surface area contributed by atoms with Crippen molar-refractivity contribution in [3.8, 4) is 11.5 Å². The molecular weight excluding hydrogens is 686 g/mol. The van der Waals surface area contributed by atoms with Crippen molar-refractivity contribution in [2.75, 3.05) is 13.2 Å². The lowest BCUT2D eigenvalue weighted by molar-refractivity contribution is -0.386. The summed E-state index contributed by atoms with van der Waals surface area (Å²) in [6.45, 7) is 5.95. The molecule has 0 aliphatic carbocycles. The first-order chi connectivity index (χ1) is 21.6. The third-order valence-electron chi connectivity index (χ3n) is 6.89. The molecule has 0 saturated carbocycles. The minimum Gasteiger partial charge on any atom is -0.494 e. The maximum Gasteiger partial charge on any atom is 0.338 e. The molecule has 13 heteroatoms. The largest absolute Gasteiger partial charge is 0.494 e. The van der Waals surface area contributed by atoms with Gasteiger partial charge in [0.2, 0.25) is 5.75 Å². The van der Waals surface area contributed by atoms with E-state index in [-0.39, 0.29) is 34.8 Å². The van der Waals surface area contributed by atoms with Gasteiger partial charge in [0.25, 0.3) is 5.56 Å². The minimum atomic E-state index is -0.806. The van der Waals surface area contributed by atoms with Gasteiger partial charge in [-0.15, -0.1) is 0 Å². The Hall–Kier alpha value is -4.26. The number of nitro groups is 1. The highest BCUT2D eigenvalue weighted by Gasteiger charge is 2.33. The lowest BCUT2D eigenvalue weighted by Gasteiger charge is -2.24. The van der Waals surface area contributed by atoms with Crippen LogP contribution in [-0.4, -0.2) is 28.7 Å². The van der Waals surface area contributed by atoms with Gasteiger partial charge < -0.3 is 14.2 Å². The van der Waals surface area contributed by atoms with Crippen LogP contribution < -0.4 is 24.4 Å². The van der Waals surface area contributed by atoms with Crippen molar-refractivity contribution >= 4 is 56.6 Å². The van der Waals surface area contributed by atoms with Gasteiger partial charge in [-0.1, -0.05) is 53.3 Å². The van der Waals surface area contributed by atoms with E-state index in [1.807, 2.05) is 6.92 Å². The van der Waals surface area contributed by atoms with Gasteiger partial charge in [0.15, 0.2) is 4.80 Å². The molecule has 0 radical (unpaired) electrons. The van der Waals surface area contributed by atoms with Crippen LogP contribution in [0.2, 0.25) is 5.02 Å². The van der Waals surface area contributed by atoms with Crippen LogP contribution in [0, 0.1) is 10.1 Å². The maximum atomic E-state index is 14.0. The fourth-order valence-corrected chi connectivity index (χ4v) is 6.72. The van der Waals surface area contributed by atoms with Gasteiger partial charge in [-0.05, 0) is 78.2 Å². The van der Waals surface area contributed by atoms with Gasteiger partial charge in [0.05, 0.1) is 44.5 Å². The monoisotopic (exact) mass is 711 g/mol. The van der Waals surface area contributed by atoms with Crippen LogP contribution in [0.3, 0.4) is 0 Å². The molecule has 0 bridgehead atoms. The molecule has 232 valence electrons. The average molecular weight is 713 g/mol. The fourth-order valence-electron chi connectivity index (χ4n) is 4.90. The number of aromatic nitrogens is 1. The number of benzene rings is 3. The van der Waals surface area contributed by atoms with E-state index in [1.54, 1.807) is 74.5 Å². The summed E-state index contributed by atoms with van der Waals surface area (Å²) in [6.07, 6.45) is 1.55. The molecule has 1 atom stereocenters. The molecule has 1 aliphatic rings. The van der Waals surface area contributed by atoms with Gasteiger partial charge in [-0.25, -0.2) is 9.79 Å². The Kier molecular flexibility index (Phi) is 9.86. The van der Waals surface area contributed by atoms with Gasteiger partial charge in [0.1, 0.15) is 12.4 Å². The Morgan fingerprint density at radius 2 is 1.87 bits per heavy atom. The highest BCUT2D eigenvalue weighted by Crippen LogP contribution is 2.38. The lowest BCUT2D eigenvalue weighted by Crippen LogP contribution is -2.39. The predicted octanol–water partition coefficient (Wildman–Crippen LogP) is 6.10. The molecule has 0 saturated heterocycles. The fraction of sp³-hybridized carbons (Fsp3) is 0.219. The van der Waals surface area contributed by atoms with Crippen LogP contribution >= 0.6 is 38.9 Å². The van der Waals surface area contributed by atoms with Crippen LogP contribution in [0.5, 0.6) is 11.5 Å². The van der Waals surface area contributed by atoms with Crippen molar-refractivity contribution in [3.63, 3.8) is 0 Å². The number of carbonyl (C=O) groups excluding carboxylic acids is 1. The van der Waals surface area contributed by atoms with E-state index in [4.69, 9.17) is 25.8 Å². The third kappa shape index (κ3) is 6.73. The zero-order valence-corrected chi connectivity index (χ0v) is 27.6. The Morgan fingerprint density at radius 3 is 2.53 bits per heavy atom. The van der Waals surface area contributed by atoms with E-state index >= 15 is 0 Å². The van der Waals surface area contributed by atoms with E-state index in [9.17, 15) is 19.7 Å². The normalized spacial score (nSPS) is 14.5. The Balaban J connectivity index is 1.60. The molecule has 0 N–H and O–H groups in total. The van der Waals surface area contributed by atoms with E-state index in [1.165, 1.54) is 10.6 Å². The number of nitro benzene ring substituents is 1. The third-order valence-corrected chi connectivity index (χ3v) is 8.84. The lowest BCUT2D eigenvalue weighted by atomic mass is 9.96. The second-order valence-electron chi connectivity index (χ2n) is 9.79.